The van der Waals surface area contributed by atoms with Crippen LogP contribution in [0.5, 0.6) is 0 Å². The maximum Gasteiger partial charge on any atom is 0.319 e. The smallest absolute Gasteiger partial charge is 0.319 e. The molecule has 1 heterocycles. The highest BCUT2D eigenvalue weighted by Crippen LogP contribution is 2.09. The second kappa shape index (κ2) is 7.18. The molecule has 0 spiro atoms. The summed E-state index contributed by atoms with van der Waals surface area (Å²) in [4.78, 5) is 21.4. The summed E-state index contributed by atoms with van der Waals surface area (Å²) in [5, 5.41) is 16.7. The summed E-state index contributed by atoms with van der Waals surface area (Å²) in [6.45, 7) is 2.76. The molecule has 0 radical (unpaired) electrons. The lowest BCUT2D eigenvalue weighted by molar-refractivity contribution is -0.484. The van der Waals surface area contributed by atoms with Crippen molar-refractivity contribution in [1.29, 1.82) is 0 Å². The molecule has 1 fully saturated rings. The van der Waals surface area contributed by atoms with E-state index in [0.29, 0.717) is 6.61 Å². The Kier molecular flexibility index (Phi) is 5.85. The molecule has 1 aliphatic heterocycles. The number of rotatable bonds is 7. The molecule has 2 N–H and O–H groups in total. The van der Waals surface area contributed by atoms with Crippen molar-refractivity contribution in [3.63, 3.8) is 0 Å². The van der Waals surface area contributed by atoms with E-state index in [-0.39, 0.29) is 36.1 Å². The Labute approximate surface area is 100 Å². The van der Waals surface area contributed by atoms with Crippen molar-refractivity contribution in [1.82, 2.24) is 10.6 Å². The molecule has 1 saturated heterocycles. The monoisotopic (exact) mass is 245 g/mol. The minimum absolute atomic E-state index is 0.0184. The molecule has 2 unspecified atom stereocenters. The van der Waals surface area contributed by atoms with E-state index >= 15 is 0 Å². The number of hydrogen-bond acceptors (Lipinski definition) is 6. The largest absolute Gasteiger partial charge is 0.465 e. The summed E-state index contributed by atoms with van der Waals surface area (Å²) in [6.07, 6.45) is 1.91. The van der Waals surface area contributed by atoms with Crippen LogP contribution < -0.4 is 10.6 Å². The van der Waals surface area contributed by atoms with E-state index in [4.69, 9.17) is 4.74 Å². The Morgan fingerprint density at radius 2 is 2.47 bits per heavy atom. The van der Waals surface area contributed by atoms with Gasteiger partial charge in [0.1, 0.15) is 0 Å². The molecule has 1 aliphatic rings. The molecule has 2 atom stereocenters. The third kappa shape index (κ3) is 5.10. The number of carbonyl (C=O) groups excluding carboxylic acids is 1. The zero-order chi connectivity index (χ0) is 12.7. The summed E-state index contributed by atoms with van der Waals surface area (Å²) in [6, 6.07) is -0.258. The van der Waals surface area contributed by atoms with E-state index in [1.54, 1.807) is 6.92 Å². The molecule has 0 amide bonds. The van der Waals surface area contributed by atoms with Crippen LogP contribution in [0.25, 0.3) is 0 Å². The number of nitrogens with zero attached hydrogens (tertiary/aromatic N) is 1. The molecule has 0 aromatic carbocycles. The van der Waals surface area contributed by atoms with E-state index in [9.17, 15) is 14.9 Å². The molecular formula is C10H19N3O4. The van der Waals surface area contributed by atoms with E-state index < -0.39 is 0 Å². The standard InChI is InChI=1S/C10H19N3O4/c1-2-17-10(14)6-12-9(7-13(15)16)8-4-3-5-11-8/h8-9,11-12H,2-7H2,1H3. The van der Waals surface area contributed by atoms with Crippen molar-refractivity contribution in [2.45, 2.75) is 31.8 Å². The molecule has 7 nitrogen and oxygen atoms in total. The van der Waals surface area contributed by atoms with Crippen molar-refractivity contribution >= 4 is 5.97 Å². The Bertz CT molecular complexity index is 266. The molecule has 0 aliphatic carbocycles. The topological polar surface area (TPSA) is 93.5 Å². The second-order valence-electron chi connectivity index (χ2n) is 4.01. The van der Waals surface area contributed by atoms with E-state index in [1.165, 1.54) is 0 Å². The van der Waals surface area contributed by atoms with Gasteiger partial charge in [-0.05, 0) is 26.3 Å². The first-order valence-corrected chi connectivity index (χ1v) is 5.87. The molecular weight excluding hydrogens is 226 g/mol. The van der Waals surface area contributed by atoms with Crippen LogP contribution in [0.3, 0.4) is 0 Å². The van der Waals surface area contributed by atoms with Gasteiger partial charge in [-0.3, -0.25) is 20.2 Å². The SMILES string of the molecule is CCOC(=O)CNC(C[N+](=O)[O-])C1CCCN1. The predicted octanol–water partition coefficient (Wildman–Crippen LogP) is -0.464. The summed E-state index contributed by atoms with van der Waals surface area (Å²) in [7, 11) is 0. The number of ether oxygens (including phenoxy) is 1. The van der Waals surface area contributed by atoms with Crippen molar-refractivity contribution in [2.75, 3.05) is 26.2 Å². The summed E-state index contributed by atoms with van der Waals surface area (Å²) < 4.78 is 4.77. The van der Waals surface area contributed by atoms with Gasteiger partial charge in [0, 0.05) is 11.0 Å². The Morgan fingerprint density at radius 3 is 3.00 bits per heavy atom. The Hall–Kier alpha value is -1.21. The molecule has 0 aromatic rings. The third-order valence-corrected chi connectivity index (χ3v) is 2.74. The number of esters is 1. The first kappa shape index (κ1) is 13.9. The van der Waals surface area contributed by atoms with Crippen LogP contribution in [0, 0.1) is 10.1 Å². The highest BCUT2D eigenvalue weighted by atomic mass is 16.6. The average molecular weight is 245 g/mol. The molecule has 1 rings (SSSR count). The van der Waals surface area contributed by atoms with Gasteiger partial charge in [-0.2, -0.15) is 0 Å². The average Bonchev–Trinajstić information content (AvgIpc) is 2.77. The Morgan fingerprint density at radius 1 is 1.71 bits per heavy atom. The Balaban J connectivity index is 2.39. The molecule has 7 heteroatoms. The van der Waals surface area contributed by atoms with E-state index in [1.807, 2.05) is 0 Å². The van der Waals surface area contributed by atoms with Gasteiger partial charge in [-0.25, -0.2) is 0 Å². The van der Waals surface area contributed by atoms with Gasteiger partial charge < -0.3 is 10.1 Å². The quantitative estimate of drug-likeness (QED) is 0.358. The number of carbonyl (C=O) groups is 1. The molecule has 0 aromatic heterocycles. The minimum atomic E-state index is -0.376. The highest BCUT2D eigenvalue weighted by Gasteiger charge is 2.28. The van der Waals surface area contributed by atoms with Crippen molar-refractivity contribution < 1.29 is 14.5 Å². The van der Waals surface area contributed by atoms with Crippen LogP contribution in [0.4, 0.5) is 0 Å². The molecule has 17 heavy (non-hydrogen) atoms. The molecule has 98 valence electrons. The fraction of sp³-hybridized carbons (Fsp3) is 0.900. The number of nitro groups is 1. The maximum absolute atomic E-state index is 11.2. The summed E-state index contributed by atoms with van der Waals surface area (Å²) >= 11 is 0. The van der Waals surface area contributed by atoms with Gasteiger partial charge in [-0.1, -0.05) is 0 Å². The van der Waals surface area contributed by atoms with E-state index in [0.717, 1.165) is 19.4 Å². The van der Waals surface area contributed by atoms with Gasteiger partial charge in [0.05, 0.1) is 19.2 Å². The lowest BCUT2D eigenvalue weighted by Gasteiger charge is -2.21. The molecule has 0 bridgehead atoms. The summed E-state index contributed by atoms with van der Waals surface area (Å²) in [5.41, 5.74) is 0. The fourth-order valence-corrected chi connectivity index (χ4v) is 1.98. The maximum atomic E-state index is 11.2. The molecule has 0 saturated carbocycles. The van der Waals surface area contributed by atoms with Crippen LogP contribution in [-0.4, -0.2) is 49.2 Å². The normalized spacial score (nSPS) is 21.1. The van der Waals surface area contributed by atoms with Gasteiger partial charge in [0.2, 0.25) is 6.54 Å². The van der Waals surface area contributed by atoms with Crippen molar-refractivity contribution in [3.8, 4) is 0 Å². The highest BCUT2D eigenvalue weighted by molar-refractivity contribution is 5.71. The van der Waals surface area contributed by atoms with Crippen LogP contribution in [0.1, 0.15) is 19.8 Å². The first-order chi connectivity index (χ1) is 8.13. The lowest BCUT2D eigenvalue weighted by Crippen LogP contribution is -2.50. The van der Waals surface area contributed by atoms with Gasteiger partial charge in [0.25, 0.3) is 0 Å². The minimum Gasteiger partial charge on any atom is -0.465 e. The fourth-order valence-electron chi connectivity index (χ4n) is 1.98. The van der Waals surface area contributed by atoms with Crippen molar-refractivity contribution in [2.24, 2.45) is 0 Å². The van der Waals surface area contributed by atoms with Crippen LogP contribution in [0.2, 0.25) is 0 Å². The lowest BCUT2D eigenvalue weighted by atomic mass is 10.1. The van der Waals surface area contributed by atoms with E-state index in [2.05, 4.69) is 10.6 Å². The predicted molar refractivity (Wildman–Crippen MR) is 61.3 cm³/mol. The number of hydrogen-bond donors (Lipinski definition) is 2. The second-order valence-corrected chi connectivity index (χ2v) is 4.01. The van der Waals surface area contributed by atoms with Gasteiger partial charge >= 0.3 is 5.97 Å². The van der Waals surface area contributed by atoms with Crippen LogP contribution >= 0.6 is 0 Å². The van der Waals surface area contributed by atoms with Crippen molar-refractivity contribution in [3.05, 3.63) is 10.1 Å². The third-order valence-electron chi connectivity index (χ3n) is 2.74. The van der Waals surface area contributed by atoms with Gasteiger partial charge in [0.15, 0.2) is 0 Å². The first-order valence-electron chi connectivity index (χ1n) is 5.87. The summed E-state index contributed by atoms with van der Waals surface area (Å²) in [5.74, 6) is -0.376. The van der Waals surface area contributed by atoms with Gasteiger partial charge in [-0.15, -0.1) is 0 Å². The zero-order valence-corrected chi connectivity index (χ0v) is 9.98. The van der Waals surface area contributed by atoms with Crippen LogP contribution in [-0.2, 0) is 9.53 Å². The zero-order valence-electron chi connectivity index (χ0n) is 9.98. The van der Waals surface area contributed by atoms with Crippen LogP contribution in [0.15, 0.2) is 0 Å². The number of nitrogens with one attached hydrogen (secondary N) is 2.